The summed E-state index contributed by atoms with van der Waals surface area (Å²) in [6.45, 7) is 4.91. The van der Waals surface area contributed by atoms with Crippen molar-refractivity contribution < 1.29 is 37.4 Å². The minimum absolute atomic E-state index is 0.0744. The first-order valence-corrected chi connectivity index (χ1v) is 19.9. The molecule has 2 unspecified atom stereocenters. The molecule has 1 aliphatic heterocycles. The summed E-state index contributed by atoms with van der Waals surface area (Å²) in [5, 5.41) is 3.47. The van der Waals surface area contributed by atoms with Gasteiger partial charge in [-0.3, -0.25) is 18.9 Å². The molecule has 5 rings (SSSR count). The minimum atomic E-state index is -4.16. The van der Waals surface area contributed by atoms with Gasteiger partial charge in [0.2, 0.25) is 0 Å². The number of rotatable bonds is 10. The monoisotopic (exact) mass is 759 g/mol. The molecule has 13 nitrogen and oxygen atoms in total. The number of methoxy groups -OCH3 is 2. The Labute approximate surface area is 310 Å². The van der Waals surface area contributed by atoms with Crippen LogP contribution in [0.2, 0.25) is 0 Å². The van der Waals surface area contributed by atoms with Gasteiger partial charge in [-0.2, -0.15) is 0 Å². The van der Waals surface area contributed by atoms with Crippen LogP contribution in [0.25, 0.3) is 0 Å². The molecule has 3 heterocycles. The highest BCUT2D eigenvalue weighted by atomic mass is 31.2. The fraction of sp³-hybridized carbons (Fsp3) is 0.316. The van der Waals surface area contributed by atoms with Crippen molar-refractivity contribution in [3.63, 3.8) is 0 Å². The van der Waals surface area contributed by atoms with E-state index in [1.54, 1.807) is 14.2 Å². The third-order valence-electron chi connectivity index (χ3n) is 8.40. The lowest BCUT2D eigenvalue weighted by atomic mass is 10.1. The van der Waals surface area contributed by atoms with Crippen molar-refractivity contribution in [3.8, 4) is 35.2 Å². The summed E-state index contributed by atoms with van der Waals surface area (Å²) in [6.07, 6.45) is 0. The summed E-state index contributed by atoms with van der Waals surface area (Å²) in [6, 6.07) is 21.2. The molecule has 278 valence electrons. The Bertz CT molecular complexity index is 1940. The molecule has 0 aliphatic carbocycles. The van der Waals surface area contributed by atoms with Gasteiger partial charge in [0.1, 0.15) is 11.5 Å². The summed E-state index contributed by atoms with van der Waals surface area (Å²) in [5.74, 6) is 13.8. The van der Waals surface area contributed by atoms with Gasteiger partial charge in [-0.15, -0.1) is 0 Å². The van der Waals surface area contributed by atoms with Crippen molar-refractivity contribution >= 4 is 26.1 Å². The molecule has 2 aromatic heterocycles. The molecule has 4 aromatic rings. The third kappa shape index (κ3) is 11.6. The molecule has 0 bridgehead atoms. The Kier molecular flexibility index (Phi) is 14.0. The zero-order valence-electron chi connectivity index (χ0n) is 30.1. The molecule has 1 aliphatic rings. The van der Waals surface area contributed by atoms with Crippen molar-refractivity contribution in [2.24, 2.45) is 0 Å². The Morgan fingerprint density at radius 1 is 0.604 bits per heavy atom. The third-order valence-corrected chi connectivity index (χ3v) is 11.0. The van der Waals surface area contributed by atoms with Gasteiger partial charge in [0.15, 0.2) is 10.9 Å². The second-order valence-electron chi connectivity index (χ2n) is 12.1. The highest BCUT2D eigenvalue weighted by molar-refractivity contribution is 7.61. The van der Waals surface area contributed by atoms with E-state index in [2.05, 4.69) is 48.8 Å². The predicted molar refractivity (Wildman–Crippen MR) is 203 cm³/mol. The van der Waals surface area contributed by atoms with Crippen LogP contribution in [0.5, 0.6) is 11.5 Å². The summed E-state index contributed by atoms with van der Waals surface area (Å²) >= 11 is 0. The SMILES string of the molecule is COc1ccc(C#Cc2cc(CN3CCNCCN(Cc4cc(C#Cc5ccc(OC)cc5)cc(P(=O)(O)OC)n4)CC3)nc(P(=O)(O)OC)c2)cc1. The maximum Gasteiger partial charge on any atom is 0.376 e. The molecule has 0 amide bonds. The van der Waals surface area contributed by atoms with E-state index in [0.717, 1.165) is 11.1 Å². The number of nitrogens with one attached hydrogen (secondary N) is 1. The first-order chi connectivity index (χ1) is 25.5. The minimum Gasteiger partial charge on any atom is -0.497 e. The Morgan fingerprint density at radius 3 is 1.34 bits per heavy atom. The second kappa shape index (κ2) is 18.6. The molecule has 2 aromatic carbocycles. The summed E-state index contributed by atoms with van der Waals surface area (Å²) < 4.78 is 46.0. The molecule has 2 atom stereocenters. The largest absolute Gasteiger partial charge is 0.497 e. The zero-order valence-corrected chi connectivity index (χ0v) is 31.9. The standard InChI is InChI=1S/C38H43N5O8P2/c1-48-35-13-9-29(10-14-35)5-7-31-23-33(40-37(25-31)52(44,45)50-3)27-42-19-17-39-18-20-43(22-21-42)28-34-24-32(26-38(41-34)53(46,47)51-4)8-6-30-11-15-36(49-2)16-12-30/h9-16,23-26,39H,17-22,27-28H2,1-4H3,(H,44,45)(H,46,47). The van der Waals surface area contributed by atoms with Crippen molar-refractivity contribution in [3.05, 3.63) is 106 Å². The summed E-state index contributed by atoms with van der Waals surface area (Å²) in [5.41, 5.74) is 3.59. The number of hydrogen-bond acceptors (Lipinski definition) is 11. The van der Waals surface area contributed by atoms with Crippen LogP contribution in [0.15, 0.2) is 72.8 Å². The van der Waals surface area contributed by atoms with Gasteiger partial charge in [0.25, 0.3) is 0 Å². The van der Waals surface area contributed by atoms with Crippen LogP contribution in [0.1, 0.15) is 33.6 Å². The summed E-state index contributed by atoms with van der Waals surface area (Å²) in [7, 11) is -2.78. The smallest absolute Gasteiger partial charge is 0.376 e. The van der Waals surface area contributed by atoms with Gasteiger partial charge in [-0.05, 0) is 72.8 Å². The van der Waals surface area contributed by atoms with Crippen LogP contribution in [-0.2, 0) is 31.3 Å². The number of ether oxygens (including phenoxy) is 2. The van der Waals surface area contributed by atoms with Crippen molar-refractivity contribution in [2.45, 2.75) is 13.1 Å². The quantitative estimate of drug-likeness (QED) is 0.160. The lowest BCUT2D eigenvalue weighted by Gasteiger charge is -2.26. The van der Waals surface area contributed by atoms with E-state index in [-0.39, 0.29) is 10.9 Å². The van der Waals surface area contributed by atoms with Gasteiger partial charge in [-0.25, -0.2) is 9.97 Å². The molecule has 0 spiro atoms. The van der Waals surface area contributed by atoms with Crippen molar-refractivity contribution in [1.82, 2.24) is 25.1 Å². The lowest BCUT2D eigenvalue weighted by molar-refractivity contribution is 0.207. The zero-order chi connectivity index (χ0) is 37.8. The average molecular weight is 760 g/mol. The topological polar surface area (TPSA) is 156 Å². The van der Waals surface area contributed by atoms with Gasteiger partial charge >= 0.3 is 15.2 Å². The fourth-order valence-corrected chi connectivity index (χ4v) is 6.93. The highest BCUT2D eigenvalue weighted by Gasteiger charge is 2.26. The molecule has 15 heteroatoms. The maximum absolute atomic E-state index is 12.9. The van der Waals surface area contributed by atoms with Crippen molar-refractivity contribution in [2.75, 3.05) is 67.7 Å². The molecule has 3 N–H and O–H groups in total. The molecule has 1 saturated heterocycles. The normalized spacial score (nSPS) is 16.3. The first kappa shape index (κ1) is 39.8. The van der Waals surface area contributed by atoms with E-state index in [1.165, 1.54) is 26.4 Å². The molecule has 53 heavy (non-hydrogen) atoms. The van der Waals surface area contributed by atoms with Crippen LogP contribution in [-0.4, -0.2) is 97.3 Å². The first-order valence-electron chi connectivity index (χ1n) is 16.8. The molecule has 1 fully saturated rings. The van der Waals surface area contributed by atoms with Crippen LogP contribution in [0, 0.1) is 23.7 Å². The number of aromatic nitrogens is 2. The van der Waals surface area contributed by atoms with Gasteiger partial charge in [0, 0.05) is 88.8 Å². The molecule has 0 radical (unpaired) electrons. The number of pyridine rings is 2. The fourth-order valence-electron chi connectivity index (χ4n) is 5.44. The van der Waals surface area contributed by atoms with Crippen LogP contribution in [0.4, 0.5) is 0 Å². The van der Waals surface area contributed by atoms with Crippen LogP contribution in [0.3, 0.4) is 0 Å². The number of hydrogen-bond donors (Lipinski definition) is 3. The van der Waals surface area contributed by atoms with E-state index in [4.69, 9.17) is 18.5 Å². The maximum atomic E-state index is 12.9. The number of benzene rings is 2. The molecular weight excluding hydrogens is 716 g/mol. The van der Waals surface area contributed by atoms with E-state index in [9.17, 15) is 18.9 Å². The molecule has 0 saturated carbocycles. The van der Waals surface area contributed by atoms with E-state index in [1.807, 2.05) is 60.7 Å². The Hall–Kier alpha value is -4.36. The predicted octanol–water partition coefficient (Wildman–Crippen LogP) is 3.12. The van der Waals surface area contributed by atoms with Gasteiger partial charge in [-0.1, -0.05) is 23.7 Å². The van der Waals surface area contributed by atoms with Crippen molar-refractivity contribution in [1.29, 1.82) is 0 Å². The van der Waals surface area contributed by atoms with E-state index < -0.39 is 15.2 Å². The van der Waals surface area contributed by atoms with E-state index in [0.29, 0.717) is 86.4 Å². The van der Waals surface area contributed by atoms with Crippen LogP contribution >= 0.6 is 15.2 Å². The number of nitrogens with zero attached hydrogens (tertiary/aromatic N) is 4. The average Bonchev–Trinajstić information content (AvgIpc) is 3.28. The highest BCUT2D eigenvalue weighted by Crippen LogP contribution is 2.39. The molecular formula is C38H43N5O8P2. The lowest BCUT2D eigenvalue weighted by Crippen LogP contribution is -2.36. The van der Waals surface area contributed by atoms with E-state index >= 15 is 0 Å². The summed E-state index contributed by atoms with van der Waals surface area (Å²) in [4.78, 5) is 34.5. The Morgan fingerprint density at radius 2 is 0.981 bits per heavy atom. The Balaban J connectivity index is 1.35. The second-order valence-corrected chi connectivity index (χ2v) is 15.8. The van der Waals surface area contributed by atoms with Gasteiger partial charge in [0.05, 0.1) is 25.6 Å². The van der Waals surface area contributed by atoms with Gasteiger partial charge < -0.3 is 33.6 Å². The van der Waals surface area contributed by atoms with Crippen LogP contribution < -0.4 is 25.7 Å².